The van der Waals surface area contributed by atoms with Crippen LogP contribution < -0.4 is 19.5 Å². The number of carbonyl (C=O) groups is 1. The molecule has 28 heavy (non-hydrogen) atoms. The van der Waals surface area contributed by atoms with Gasteiger partial charge in [0, 0.05) is 10.9 Å². The van der Waals surface area contributed by atoms with Crippen LogP contribution in [0, 0.1) is 13.8 Å². The van der Waals surface area contributed by atoms with Crippen molar-refractivity contribution in [2.75, 3.05) is 26.1 Å². The average molecular weight is 398 g/mol. The van der Waals surface area contributed by atoms with Crippen LogP contribution in [0.5, 0.6) is 17.2 Å². The molecule has 3 rings (SSSR count). The molecule has 0 aliphatic rings. The third kappa shape index (κ3) is 4.80. The molecule has 0 radical (unpaired) electrons. The van der Waals surface area contributed by atoms with Crippen molar-refractivity contribution in [3.8, 4) is 28.5 Å². The first-order chi connectivity index (χ1) is 13.5. The zero-order chi connectivity index (χ0) is 20.1. The van der Waals surface area contributed by atoms with Gasteiger partial charge in [-0.1, -0.05) is 6.07 Å². The molecule has 2 aromatic carbocycles. The van der Waals surface area contributed by atoms with Crippen molar-refractivity contribution < 1.29 is 19.0 Å². The minimum Gasteiger partial charge on any atom is -0.497 e. The number of aromatic nitrogens is 1. The van der Waals surface area contributed by atoms with Crippen LogP contribution in [-0.2, 0) is 4.79 Å². The molecule has 0 aliphatic heterocycles. The maximum Gasteiger partial charge on any atom is 0.264 e. The van der Waals surface area contributed by atoms with Gasteiger partial charge in [0.25, 0.3) is 5.91 Å². The van der Waals surface area contributed by atoms with E-state index in [2.05, 4.69) is 16.4 Å². The van der Waals surface area contributed by atoms with E-state index in [0.29, 0.717) is 28.1 Å². The number of carbonyl (C=O) groups excluding carboxylic acids is 1. The number of nitrogens with zero attached hydrogens (tertiary/aromatic N) is 1. The summed E-state index contributed by atoms with van der Waals surface area (Å²) in [4.78, 5) is 16.7. The Kier molecular flexibility index (Phi) is 6.16. The van der Waals surface area contributed by atoms with Crippen LogP contribution in [0.25, 0.3) is 11.3 Å². The van der Waals surface area contributed by atoms with Crippen molar-refractivity contribution in [1.82, 2.24) is 4.98 Å². The Morgan fingerprint density at radius 3 is 2.46 bits per heavy atom. The summed E-state index contributed by atoms with van der Waals surface area (Å²) in [5.74, 6) is 1.80. The zero-order valence-corrected chi connectivity index (χ0v) is 17.1. The monoisotopic (exact) mass is 398 g/mol. The highest BCUT2D eigenvalue weighted by molar-refractivity contribution is 7.14. The predicted octanol–water partition coefficient (Wildman–Crippen LogP) is 4.46. The Morgan fingerprint density at radius 1 is 1.04 bits per heavy atom. The molecule has 146 valence electrons. The molecule has 0 fully saturated rings. The maximum absolute atomic E-state index is 12.2. The lowest BCUT2D eigenvalue weighted by molar-refractivity contribution is -0.118. The summed E-state index contributed by atoms with van der Waals surface area (Å²) in [7, 11) is 3.21. The van der Waals surface area contributed by atoms with Crippen molar-refractivity contribution >= 4 is 22.4 Å². The van der Waals surface area contributed by atoms with Gasteiger partial charge >= 0.3 is 0 Å². The topological polar surface area (TPSA) is 69.7 Å². The molecule has 0 aliphatic carbocycles. The minimum atomic E-state index is -0.266. The van der Waals surface area contributed by atoms with Gasteiger partial charge in [0.15, 0.2) is 11.7 Å². The number of thiazole rings is 1. The molecule has 0 saturated heterocycles. The fourth-order valence-corrected chi connectivity index (χ4v) is 3.52. The van der Waals surface area contributed by atoms with Crippen LogP contribution in [0.2, 0.25) is 0 Å². The highest BCUT2D eigenvalue weighted by Crippen LogP contribution is 2.35. The number of hydrogen-bond donors (Lipinski definition) is 1. The third-order valence-electron chi connectivity index (χ3n) is 4.00. The van der Waals surface area contributed by atoms with Gasteiger partial charge in [-0.2, -0.15) is 0 Å². The lowest BCUT2D eigenvalue weighted by Gasteiger charge is -2.09. The van der Waals surface area contributed by atoms with E-state index in [1.807, 2.05) is 49.6 Å². The maximum atomic E-state index is 12.2. The molecule has 1 amide bonds. The van der Waals surface area contributed by atoms with E-state index in [-0.39, 0.29) is 12.5 Å². The Hall–Kier alpha value is -3.06. The zero-order valence-electron chi connectivity index (χ0n) is 16.2. The number of anilines is 1. The predicted molar refractivity (Wildman–Crippen MR) is 111 cm³/mol. The van der Waals surface area contributed by atoms with Gasteiger partial charge in [-0.25, -0.2) is 4.98 Å². The van der Waals surface area contributed by atoms with E-state index in [0.717, 1.165) is 16.7 Å². The summed E-state index contributed by atoms with van der Waals surface area (Å²) in [6.07, 6.45) is 0. The first-order valence-corrected chi connectivity index (χ1v) is 9.55. The normalized spacial score (nSPS) is 10.4. The molecule has 0 spiro atoms. The summed E-state index contributed by atoms with van der Waals surface area (Å²) in [6.45, 7) is 3.90. The number of benzene rings is 2. The molecule has 1 aromatic heterocycles. The number of methoxy groups -OCH3 is 2. The third-order valence-corrected chi connectivity index (χ3v) is 4.76. The second-order valence-corrected chi connectivity index (χ2v) is 7.12. The van der Waals surface area contributed by atoms with Gasteiger partial charge in [-0.05, 0) is 55.3 Å². The number of rotatable bonds is 7. The van der Waals surface area contributed by atoms with Crippen molar-refractivity contribution in [2.45, 2.75) is 13.8 Å². The fourth-order valence-electron chi connectivity index (χ4n) is 2.79. The molecule has 0 unspecified atom stereocenters. The lowest BCUT2D eigenvalue weighted by Crippen LogP contribution is -2.20. The Balaban J connectivity index is 1.66. The molecule has 3 aromatic rings. The van der Waals surface area contributed by atoms with Crippen LogP contribution in [0.15, 0.2) is 41.8 Å². The van der Waals surface area contributed by atoms with Gasteiger partial charge in [0.1, 0.15) is 17.2 Å². The summed E-state index contributed by atoms with van der Waals surface area (Å²) in [6, 6.07) is 11.3. The van der Waals surface area contributed by atoms with Gasteiger partial charge in [-0.15, -0.1) is 11.3 Å². The molecular weight excluding hydrogens is 376 g/mol. The summed E-state index contributed by atoms with van der Waals surface area (Å²) in [5, 5.41) is 5.12. The molecular formula is C21H22N2O4S. The van der Waals surface area contributed by atoms with E-state index in [9.17, 15) is 4.79 Å². The van der Waals surface area contributed by atoms with Gasteiger partial charge in [0.2, 0.25) is 0 Å². The van der Waals surface area contributed by atoms with Crippen LogP contribution in [-0.4, -0.2) is 31.7 Å². The van der Waals surface area contributed by atoms with E-state index in [4.69, 9.17) is 14.2 Å². The first-order valence-electron chi connectivity index (χ1n) is 8.67. The molecule has 0 bridgehead atoms. The molecule has 6 nitrogen and oxygen atoms in total. The summed E-state index contributed by atoms with van der Waals surface area (Å²) in [5.41, 5.74) is 3.68. The minimum absolute atomic E-state index is 0.0830. The van der Waals surface area contributed by atoms with Crippen LogP contribution >= 0.6 is 11.3 Å². The summed E-state index contributed by atoms with van der Waals surface area (Å²) < 4.78 is 16.3. The number of nitrogens with one attached hydrogen (secondary N) is 1. The molecule has 1 heterocycles. The smallest absolute Gasteiger partial charge is 0.264 e. The van der Waals surface area contributed by atoms with Gasteiger partial charge in [-0.3, -0.25) is 10.1 Å². The van der Waals surface area contributed by atoms with Crippen molar-refractivity contribution in [3.05, 3.63) is 52.9 Å². The molecule has 0 saturated carbocycles. The number of amides is 1. The van der Waals surface area contributed by atoms with Gasteiger partial charge < -0.3 is 14.2 Å². The number of ether oxygens (including phenoxy) is 3. The highest BCUT2D eigenvalue weighted by atomic mass is 32.1. The second-order valence-electron chi connectivity index (χ2n) is 6.26. The Morgan fingerprint density at radius 2 is 1.79 bits per heavy atom. The van der Waals surface area contributed by atoms with Crippen molar-refractivity contribution in [1.29, 1.82) is 0 Å². The highest BCUT2D eigenvalue weighted by Gasteiger charge is 2.13. The van der Waals surface area contributed by atoms with E-state index < -0.39 is 0 Å². The number of aryl methyl sites for hydroxylation is 2. The van der Waals surface area contributed by atoms with Crippen LogP contribution in [0.3, 0.4) is 0 Å². The SMILES string of the molecule is COc1ccc(OC)c(-c2csc(NC(=O)COc3cc(C)cc(C)c3)n2)c1. The standard InChI is InChI=1S/C21H22N2O4S/c1-13-7-14(2)9-16(8-13)27-11-20(24)23-21-22-18(12-28-21)17-10-15(25-3)5-6-19(17)26-4/h5-10,12H,11H2,1-4H3,(H,22,23,24). The quantitative estimate of drug-likeness (QED) is 0.636. The fraction of sp³-hybridized carbons (Fsp3) is 0.238. The first kappa shape index (κ1) is 19.7. The van der Waals surface area contributed by atoms with Crippen LogP contribution in [0.4, 0.5) is 5.13 Å². The second kappa shape index (κ2) is 8.75. The lowest BCUT2D eigenvalue weighted by atomic mass is 10.1. The van der Waals surface area contributed by atoms with Crippen molar-refractivity contribution in [3.63, 3.8) is 0 Å². The van der Waals surface area contributed by atoms with Gasteiger partial charge in [0.05, 0.1) is 19.9 Å². The van der Waals surface area contributed by atoms with E-state index in [1.54, 1.807) is 14.2 Å². The molecule has 0 atom stereocenters. The van der Waals surface area contributed by atoms with Crippen molar-refractivity contribution in [2.24, 2.45) is 0 Å². The van der Waals surface area contributed by atoms with Crippen LogP contribution in [0.1, 0.15) is 11.1 Å². The van der Waals surface area contributed by atoms with E-state index in [1.165, 1.54) is 11.3 Å². The largest absolute Gasteiger partial charge is 0.497 e. The van der Waals surface area contributed by atoms with E-state index >= 15 is 0 Å². The average Bonchev–Trinajstić information content (AvgIpc) is 3.13. The summed E-state index contributed by atoms with van der Waals surface area (Å²) >= 11 is 1.34. The molecule has 1 N–H and O–H groups in total. The number of hydrogen-bond acceptors (Lipinski definition) is 6. The molecule has 7 heteroatoms. The Bertz CT molecular complexity index is 964. The Labute approximate surface area is 168 Å².